The predicted octanol–water partition coefficient (Wildman–Crippen LogP) is 5.26. The van der Waals surface area contributed by atoms with E-state index >= 15 is 0 Å². The average Bonchev–Trinajstić information content (AvgIpc) is 3.33. The van der Waals surface area contributed by atoms with Crippen molar-refractivity contribution in [1.82, 2.24) is 4.57 Å². The summed E-state index contributed by atoms with van der Waals surface area (Å²) >= 11 is 7.66. The highest BCUT2D eigenvalue weighted by Gasteiger charge is 2.24. The Balaban J connectivity index is 1.83. The van der Waals surface area contributed by atoms with Crippen LogP contribution in [0.2, 0.25) is 5.02 Å². The van der Waals surface area contributed by atoms with Gasteiger partial charge in [-0.1, -0.05) is 29.8 Å². The highest BCUT2D eigenvalue weighted by atomic mass is 35.5. The second kappa shape index (κ2) is 8.49. The molecule has 0 N–H and O–H groups in total. The number of thiophene rings is 1. The van der Waals surface area contributed by atoms with Crippen LogP contribution >= 0.6 is 22.9 Å². The number of fused-ring (bicyclic) bond motifs is 1. The summed E-state index contributed by atoms with van der Waals surface area (Å²) < 4.78 is 33.2. The van der Waals surface area contributed by atoms with Gasteiger partial charge in [0.2, 0.25) is 9.84 Å². The number of esters is 1. The van der Waals surface area contributed by atoms with E-state index in [1.165, 1.54) is 18.4 Å². The quantitative estimate of drug-likeness (QED) is 0.358. The molecule has 0 saturated carbocycles. The number of benzene rings is 2. The SMILES string of the molecule is COC(=O)Cn1c(C)c(Cc2sccc2S(=O)(=O)c2ccccc2)c2cc(Cl)ccc21. The molecule has 2 aromatic heterocycles. The van der Waals surface area contributed by atoms with E-state index in [9.17, 15) is 13.2 Å². The Labute approximate surface area is 189 Å². The molecule has 0 aliphatic rings. The van der Waals surface area contributed by atoms with Crippen LogP contribution in [0.4, 0.5) is 0 Å². The number of hydrogen-bond donors (Lipinski definition) is 0. The summed E-state index contributed by atoms with van der Waals surface area (Å²) in [6.45, 7) is 1.99. The molecule has 0 bridgehead atoms. The van der Waals surface area contributed by atoms with Crippen LogP contribution in [0.25, 0.3) is 10.9 Å². The number of rotatable bonds is 6. The lowest BCUT2D eigenvalue weighted by Crippen LogP contribution is -2.12. The van der Waals surface area contributed by atoms with Crippen LogP contribution in [0.3, 0.4) is 0 Å². The summed E-state index contributed by atoms with van der Waals surface area (Å²) in [5.41, 5.74) is 2.67. The zero-order valence-corrected chi connectivity index (χ0v) is 19.4. The Morgan fingerprint density at radius 3 is 2.58 bits per heavy atom. The van der Waals surface area contributed by atoms with Gasteiger partial charge in [-0.15, -0.1) is 11.3 Å². The summed E-state index contributed by atoms with van der Waals surface area (Å²) in [5.74, 6) is -0.357. The molecule has 0 unspecified atom stereocenters. The van der Waals surface area contributed by atoms with Gasteiger partial charge < -0.3 is 9.30 Å². The summed E-state index contributed by atoms with van der Waals surface area (Å²) in [7, 11) is -2.28. The van der Waals surface area contributed by atoms with Gasteiger partial charge in [0.25, 0.3) is 0 Å². The second-order valence-electron chi connectivity index (χ2n) is 7.09. The minimum absolute atomic E-state index is 0.0695. The molecule has 2 heterocycles. The number of halogens is 1. The summed E-state index contributed by atoms with van der Waals surface area (Å²) in [5, 5.41) is 3.26. The molecule has 160 valence electrons. The van der Waals surface area contributed by atoms with Gasteiger partial charge in [0, 0.05) is 32.9 Å². The molecule has 0 fully saturated rings. The fourth-order valence-electron chi connectivity index (χ4n) is 3.73. The minimum Gasteiger partial charge on any atom is -0.468 e. The molecule has 0 saturated heterocycles. The maximum absolute atomic E-state index is 13.2. The molecular formula is C23H20ClNO4S2. The zero-order valence-electron chi connectivity index (χ0n) is 17.0. The first-order valence-electron chi connectivity index (χ1n) is 9.53. The molecule has 0 atom stereocenters. The van der Waals surface area contributed by atoms with E-state index in [2.05, 4.69) is 0 Å². The molecule has 0 aliphatic carbocycles. The van der Waals surface area contributed by atoms with Crippen LogP contribution in [0.15, 0.2) is 69.8 Å². The van der Waals surface area contributed by atoms with Crippen molar-refractivity contribution in [3.05, 3.63) is 81.1 Å². The molecule has 0 spiro atoms. The third-order valence-electron chi connectivity index (χ3n) is 5.32. The number of hydrogen-bond acceptors (Lipinski definition) is 5. The first-order chi connectivity index (χ1) is 14.8. The monoisotopic (exact) mass is 473 g/mol. The molecule has 8 heteroatoms. The highest BCUT2D eigenvalue weighted by molar-refractivity contribution is 7.91. The zero-order chi connectivity index (χ0) is 22.2. The number of nitrogens with zero attached hydrogens (tertiary/aromatic N) is 1. The van der Waals surface area contributed by atoms with Crippen molar-refractivity contribution < 1.29 is 17.9 Å². The van der Waals surface area contributed by atoms with Crippen molar-refractivity contribution in [3.8, 4) is 0 Å². The van der Waals surface area contributed by atoms with Crippen molar-refractivity contribution in [2.24, 2.45) is 0 Å². The summed E-state index contributed by atoms with van der Waals surface area (Å²) in [6.07, 6.45) is 0.413. The number of carbonyl (C=O) groups is 1. The molecule has 4 rings (SSSR count). The maximum atomic E-state index is 13.2. The summed E-state index contributed by atoms with van der Waals surface area (Å²) in [4.78, 5) is 13.3. The number of carbonyl (C=O) groups excluding carboxylic acids is 1. The molecule has 0 radical (unpaired) electrons. The van der Waals surface area contributed by atoms with Crippen LogP contribution in [0.5, 0.6) is 0 Å². The van der Waals surface area contributed by atoms with Crippen LogP contribution in [0, 0.1) is 6.92 Å². The van der Waals surface area contributed by atoms with Crippen LogP contribution in [-0.2, 0) is 32.3 Å². The lowest BCUT2D eigenvalue weighted by molar-refractivity contribution is -0.141. The number of sulfone groups is 1. The standard InChI is InChI=1S/C23H20ClNO4S2/c1-15-18(19-12-16(24)8-9-20(19)25(15)14-23(26)29-2)13-21-22(10-11-30-21)31(27,28)17-6-4-3-5-7-17/h3-12H,13-14H2,1-2H3. The Kier molecular flexibility index (Phi) is 5.92. The Hall–Kier alpha value is -2.61. The van der Waals surface area contributed by atoms with E-state index in [-0.39, 0.29) is 17.4 Å². The van der Waals surface area contributed by atoms with E-state index in [4.69, 9.17) is 16.3 Å². The van der Waals surface area contributed by atoms with Gasteiger partial charge in [0.1, 0.15) is 6.54 Å². The minimum atomic E-state index is -3.63. The smallest absolute Gasteiger partial charge is 0.325 e. The van der Waals surface area contributed by atoms with Crippen molar-refractivity contribution in [2.75, 3.05) is 7.11 Å². The van der Waals surface area contributed by atoms with Gasteiger partial charge in [-0.2, -0.15) is 0 Å². The van der Waals surface area contributed by atoms with Gasteiger partial charge >= 0.3 is 5.97 Å². The number of ether oxygens (including phenoxy) is 1. The third kappa shape index (κ3) is 4.01. The van der Waals surface area contributed by atoms with Crippen molar-refractivity contribution in [1.29, 1.82) is 0 Å². The van der Waals surface area contributed by atoms with E-state index in [1.54, 1.807) is 47.8 Å². The maximum Gasteiger partial charge on any atom is 0.325 e. The molecular weight excluding hydrogens is 454 g/mol. The average molecular weight is 474 g/mol. The molecule has 2 aromatic carbocycles. The predicted molar refractivity (Wildman–Crippen MR) is 123 cm³/mol. The Morgan fingerprint density at radius 2 is 1.87 bits per heavy atom. The molecule has 0 amide bonds. The van der Waals surface area contributed by atoms with Gasteiger partial charge in [0.15, 0.2) is 0 Å². The highest BCUT2D eigenvalue weighted by Crippen LogP contribution is 2.35. The molecule has 31 heavy (non-hydrogen) atoms. The number of methoxy groups -OCH3 is 1. The fraction of sp³-hybridized carbons (Fsp3) is 0.174. The topological polar surface area (TPSA) is 65.4 Å². The van der Waals surface area contributed by atoms with Gasteiger partial charge in [-0.3, -0.25) is 4.79 Å². The Bertz CT molecular complexity index is 1370. The lowest BCUT2D eigenvalue weighted by atomic mass is 10.1. The first-order valence-corrected chi connectivity index (χ1v) is 12.3. The van der Waals surface area contributed by atoms with E-state index < -0.39 is 9.84 Å². The van der Waals surface area contributed by atoms with Crippen LogP contribution in [0.1, 0.15) is 16.1 Å². The van der Waals surface area contributed by atoms with Crippen molar-refractivity contribution in [3.63, 3.8) is 0 Å². The van der Waals surface area contributed by atoms with Gasteiger partial charge in [-0.05, 0) is 54.3 Å². The van der Waals surface area contributed by atoms with Crippen molar-refractivity contribution in [2.45, 2.75) is 29.7 Å². The second-order valence-corrected chi connectivity index (χ2v) is 10.4. The summed E-state index contributed by atoms with van der Waals surface area (Å²) in [6, 6.07) is 15.6. The third-order valence-corrected chi connectivity index (χ3v) is 8.46. The van der Waals surface area contributed by atoms with Gasteiger partial charge in [0.05, 0.1) is 16.9 Å². The molecule has 0 aliphatic heterocycles. The van der Waals surface area contributed by atoms with Gasteiger partial charge in [-0.25, -0.2) is 8.42 Å². The largest absolute Gasteiger partial charge is 0.468 e. The lowest BCUT2D eigenvalue weighted by Gasteiger charge is -2.08. The number of aromatic nitrogens is 1. The normalized spacial score (nSPS) is 11.7. The van der Waals surface area contributed by atoms with E-state index in [0.29, 0.717) is 16.3 Å². The molecule has 4 aromatic rings. The fourth-order valence-corrected chi connectivity index (χ4v) is 6.63. The van der Waals surface area contributed by atoms with E-state index in [1.807, 2.05) is 23.6 Å². The first kappa shape index (κ1) is 21.6. The Morgan fingerprint density at radius 1 is 1.13 bits per heavy atom. The van der Waals surface area contributed by atoms with Crippen LogP contribution < -0.4 is 0 Å². The van der Waals surface area contributed by atoms with Crippen molar-refractivity contribution >= 4 is 49.6 Å². The molecule has 5 nitrogen and oxygen atoms in total. The van der Waals surface area contributed by atoms with E-state index in [0.717, 1.165) is 27.0 Å². The van der Waals surface area contributed by atoms with Crippen LogP contribution in [-0.4, -0.2) is 26.1 Å².